The van der Waals surface area contributed by atoms with E-state index in [1.807, 2.05) is 13.8 Å². The molecule has 4 rings (SSSR count). The number of nitrogens with one attached hydrogen (secondary N) is 1. The van der Waals surface area contributed by atoms with Crippen LogP contribution in [0.3, 0.4) is 0 Å². The molecule has 2 aromatic rings. The van der Waals surface area contributed by atoms with Crippen LogP contribution < -0.4 is 20.3 Å². The highest BCUT2D eigenvalue weighted by molar-refractivity contribution is 7.99. The van der Waals surface area contributed by atoms with E-state index in [4.69, 9.17) is 10.7 Å². The Morgan fingerprint density at radius 3 is 2.31 bits per heavy atom. The van der Waals surface area contributed by atoms with Gasteiger partial charge in [0.2, 0.25) is 0 Å². The summed E-state index contributed by atoms with van der Waals surface area (Å²) in [5.74, 6) is 1.61. The first-order valence-electron chi connectivity index (χ1n) is 12.8. The average molecular weight is 513 g/mol. The summed E-state index contributed by atoms with van der Waals surface area (Å²) in [5.41, 5.74) is 11.2. The molecule has 1 aromatic carbocycles. The summed E-state index contributed by atoms with van der Waals surface area (Å²) >= 11 is 3.35. The lowest BCUT2D eigenvalue weighted by Crippen LogP contribution is -2.44. The maximum atomic E-state index is 9.96. The molecule has 0 spiro atoms. The van der Waals surface area contributed by atoms with Crippen molar-refractivity contribution in [1.82, 2.24) is 10.3 Å². The molecule has 8 heteroatoms. The first kappa shape index (κ1) is 27.5. The van der Waals surface area contributed by atoms with Gasteiger partial charge in [0.25, 0.3) is 0 Å². The number of benzene rings is 1. The lowest BCUT2D eigenvalue weighted by Gasteiger charge is -2.34. The van der Waals surface area contributed by atoms with Crippen LogP contribution in [0, 0.1) is 11.3 Å². The Balaban J connectivity index is 0.00000167. The maximum Gasteiger partial charge on any atom is 0.148 e. The lowest BCUT2D eigenvalue weighted by atomic mass is 10.0. The number of nitriles is 1. The summed E-state index contributed by atoms with van der Waals surface area (Å²) in [6.45, 7) is 7.92. The number of nitrogens with two attached hydrogens (primary N) is 1. The Kier molecular flexibility index (Phi) is 10.4. The van der Waals surface area contributed by atoms with Gasteiger partial charge in [-0.25, -0.2) is 4.98 Å². The molecule has 1 aromatic heterocycles. The van der Waals surface area contributed by atoms with Crippen molar-refractivity contribution >= 4 is 40.9 Å². The van der Waals surface area contributed by atoms with Crippen LogP contribution in [0.15, 0.2) is 29.3 Å². The van der Waals surface area contributed by atoms with Crippen molar-refractivity contribution in [2.75, 3.05) is 41.3 Å². The van der Waals surface area contributed by atoms with Gasteiger partial charge in [-0.2, -0.15) is 5.26 Å². The molecule has 35 heavy (non-hydrogen) atoms. The summed E-state index contributed by atoms with van der Waals surface area (Å²) in [7, 11) is 2.06. The van der Waals surface area contributed by atoms with E-state index in [1.165, 1.54) is 24.1 Å². The number of piperidine rings is 1. The zero-order valence-electron chi connectivity index (χ0n) is 21.8. The van der Waals surface area contributed by atoms with E-state index in [1.54, 1.807) is 23.7 Å². The molecule has 0 atom stereocenters. The van der Waals surface area contributed by atoms with Crippen molar-refractivity contribution in [2.45, 2.75) is 75.7 Å². The monoisotopic (exact) mass is 512 g/mol. The molecule has 1 aliphatic carbocycles. The SMILES string of the molecule is CC.CCc1c(N)c(SCc2ccc(N(C)SC)cc2)nc(N2CCC(NC3CC3)CC2)c1C#N. The number of nitrogen functional groups attached to an aromatic ring is 1. The number of anilines is 3. The van der Waals surface area contributed by atoms with E-state index in [2.05, 4.69) is 65.1 Å². The Labute approximate surface area is 220 Å². The van der Waals surface area contributed by atoms with E-state index in [0.29, 0.717) is 17.3 Å². The molecule has 0 unspecified atom stereocenters. The predicted octanol–water partition coefficient (Wildman–Crippen LogP) is 5.85. The van der Waals surface area contributed by atoms with Gasteiger partial charge in [-0.15, -0.1) is 0 Å². The van der Waals surface area contributed by atoms with Crippen molar-refractivity contribution in [1.29, 1.82) is 5.26 Å². The van der Waals surface area contributed by atoms with Crippen molar-refractivity contribution < 1.29 is 0 Å². The fraction of sp³-hybridized carbons (Fsp3) is 0.556. The lowest BCUT2D eigenvalue weighted by molar-refractivity contribution is 0.411. The Morgan fingerprint density at radius 2 is 1.77 bits per heavy atom. The highest BCUT2D eigenvalue weighted by atomic mass is 32.2. The summed E-state index contributed by atoms with van der Waals surface area (Å²) in [5, 5.41) is 14.5. The van der Waals surface area contributed by atoms with Crippen LogP contribution in [0.4, 0.5) is 17.2 Å². The normalized spacial score (nSPS) is 15.8. The maximum absolute atomic E-state index is 9.96. The van der Waals surface area contributed by atoms with E-state index < -0.39 is 0 Å². The third kappa shape index (κ3) is 6.99. The molecule has 2 fully saturated rings. The van der Waals surface area contributed by atoms with Gasteiger partial charge in [-0.05, 0) is 55.4 Å². The molecular formula is C27H40N6S2. The van der Waals surface area contributed by atoms with Gasteiger partial charge in [0.05, 0.1) is 11.3 Å². The molecule has 0 amide bonds. The van der Waals surface area contributed by atoms with E-state index in [9.17, 15) is 5.26 Å². The molecule has 3 N–H and O–H groups in total. The van der Waals surface area contributed by atoms with Gasteiger partial charge >= 0.3 is 0 Å². The van der Waals surface area contributed by atoms with Crippen LogP contribution in [-0.4, -0.2) is 43.5 Å². The summed E-state index contributed by atoms with van der Waals surface area (Å²) < 4.78 is 2.14. The second-order valence-electron chi connectivity index (χ2n) is 8.81. The number of nitrogens with zero attached hydrogens (tertiary/aromatic N) is 4. The van der Waals surface area contributed by atoms with E-state index in [-0.39, 0.29) is 0 Å². The Morgan fingerprint density at radius 1 is 1.14 bits per heavy atom. The second-order valence-corrected chi connectivity index (χ2v) is 10.7. The summed E-state index contributed by atoms with van der Waals surface area (Å²) in [4.78, 5) is 7.25. The van der Waals surface area contributed by atoms with Gasteiger partial charge in [0.15, 0.2) is 0 Å². The van der Waals surface area contributed by atoms with E-state index >= 15 is 0 Å². The van der Waals surface area contributed by atoms with Gasteiger partial charge < -0.3 is 20.3 Å². The standard InChI is InChI=1S/C25H34N6S2.C2H6/c1-4-21-22(15-26)24(31-13-11-19(12-14-31)28-18-7-8-18)29-25(23(21)27)33-16-17-5-9-20(10-6-17)30(2)32-3;1-2/h5-6,9-10,18-19,28H,4,7-8,11-14,16,27H2,1-3H3;1-2H3. The highest BCUT2D eigenvalue weighted by Crippen LogP contribution is 2.36. The number of pyridine rings is 1. The minimum atomic E-state index is 0.584. The van der Waals surface area contributed by atoms with Crippen LogP contribution in [0.25, 0.3) is 0 Å². The molecule has 1 aliphatic heterocycles. The number of aromatic nitrogens is 1. The van der Waals surface area contributed by atoms with Gasteiger partial charge in [-0.3, -0.25) is 0 Å². The minimum Gasteiger partial charge on any atom is -0.396 e. The second kappa shape index (κ2) is 13.3. The molecular weight excluding hydrogens is 472 g/mol. The first-order chi connectivity index (χ1) is 17.0. The van der Waals surface area contributed by atoms with Crippen LogP contribution in [0.5, 0.6) is 0 Å². The van der Waals surface area contributed by atoms with Gasteiger partial charge in [0, 0.05) is 49.9 Å². The summed E-state index contributed by atoms with van der Waals surface area (Å²) in [6, 6.07) is 12.3. The molecule has 1 saturated carbocycles. The third-order valence-corrected chi connectivity index (χ3v) is 8.37. The van der Waals surface area contributed by atoms with Crippen LogP contribution in [-0.2, 0) is 12.2 Å². The molecule has 190 valence electrons. The molecule has 0 bridgehead atoms. The van der Waals surface area contributed by atoms with E-state index in [0.717, 1.165) is 60.6 Å². The van der Waals surface area contributed by atoms with Crippen molar-refractivity contribution in [3.05, 3.63) is 41.0 Å². The number of hydrogen-bond donors (Lipinski definition) is 2. The van der Waals surface area contributed by atoms with Gasteiger partial charge in [-0.1, -0.05) is 56.6 Å². The first-order valence-corrected chi connectivity index (χ1v) is 14.9. The molecule has 2 heterocycles. The third-order valence-electron chi connectivity index (χ3n) is 6.55. The zero-order chi connectivity index (χ0) is 25.4. The molecule has 2 aliphatic rings. The van der Waals surface area contributed by atoms with Crippen LogP contribution >= 0.6 is 23.7 Å². The summed E-state index contributed by atoms with van der Waals surface area (Å²) in [6.07, 6.45) is 7.61. The van der Waals surface area contributed by atoms with Crippen LogP contribution in [0.1, 0.15) is 63.1 Å². The smallest absolute Gasteiger partial charge is 0.148 e. The zero-order valence-corrected chi connectivity index (χ0v) is 23.4. The van der Waals surface area contributed by atoms with Gasteiger partial charge in [0.1, 0.15) is 16.9 Å². The molecule has 0 radical (unpaired) electrons. The fourth-order valence-corrected chi connectivity index (χ4v) is 5.59. The van der Waals surface area contributed by atoms with Crippen LogP contribution in [0.2, 0.25) is 0 Å². The largest absolute Gasteiger partial charge is 0.396 e. The number of thioether (sulfide) groups is 1. The van der Waals surface area contributed by atoms with Crippen molar-refractivity contribution in [3.8, 4) is 6.07 Å². The Bertz CT molecular complexity index is 992. The number of hydrogen-bond acceptors (Lipinski definition) is 8. The predicted molar refractivity (Wildman–Crippen MR) is 153 cm³/mol. The highest BCUT2D eigenvalue weighted by Gasteiger charge is 2.29. The van der Waals surface area contributed by atoms with Crippen molar-refractivity contribution in [3.63, 3.8) is 0 Å². The van der Waals surface area contributed by atoms with Crippen molar-refractivity contribution in [2.24, 2.45) is 0 Å². The Hall–Kier alpha value is -2.08. The molecule has 6 nitrogen and oxygen atoms in total. The minimum absolute atomic E-state index is 0.584. The fourth-order valence-electron chi connectivity index (χ4n) is 4.34. The quantitative estimate of drug-likeness (QED) is 0.320. The average Bonchev–Trinajstić information content (AvgIpc) is 3.73. The topological polar surface area (TPSA) is 81.2 Å². The molecule has 1 saturated heterocycles. The number of rotatable bonds is 9.